The number of anilines is 2. The third-order valence-electron chi connectivity index (χ3n) is 15.1. The van der Waals surface area contributed by atoms with Crippen molar-refractivity contribution in [2.45, 2.75) is 109 Å². The molecule has 4 fully saturated rings. The Bertz CT molecular complexity index is 2960. The highest BCUT2D eigenvalue weighted by molar-refractivity contribution is 6.03. The molecule has 0 bridgehead atoms. The van der Waals surface area contributed by atoms with Gasteiger partial charge in [-0.3, -0.25) is 34.5 Å². The van der Waals surface area contributed by atoms with Gasteiger partial charge in [-0.05, 0) is 151 Å². The van der Waals surface area contributed by atoms with Crippen LogP contribution in [0.2, 0.25) is 0 Å². The summed E-state index contributed by atoms with van der Waals surface area (Å²) in [5.41, 5.74) is 4.87. The number of piperidine rings is 4. The number of carbonyl (C=O) groups excluding carboxylic acids is 5. The summed E-state index contributed by atoms with van der Waals surface area (Å²) in [5.74, 6) is 6.23. The van der Waals surface area contributed by atoms with E-state index in [9.17, 15) is 29.1 Å². The second kappa shape index (κ2) is 20.8. The Morgan fingerprint density at radius 2 is 1.61 bits per heavy atom. The van der Waals surface area contributed by atoms with E-state index in [1.54, 1.807) is 32.9 Å². The van der Waals surface area contributed by atoms with Gasteiger partial charge in [0.25, 0.3) is 5.91 Å². The fourth-order valence-electron chi connectivity index (χ4n) is 11.0. The Labute approximate surface area is 422 Å². The van der Waals surface area contributed by atoms with E-state index in [4.69, 9.17) is 9.84 Å². The lowest BCUT2D eigenvalue weighted by Crippen LogP contribution is -2.54. The van der Waals surface area contributed by atoms with Gasteiger partial charge in [0.1, 0.15) is 5.60 Å². The Kier molecular flexibility index (Phi) is 14.5. The predicted octanol–water partition coefficient (Wildman–Crippen LogP) is 7.73. The number of amides is 5. The molecule has 9 rings (SSSR count). The lowest BCUT2D eigenvalue weighted by Gasteiger charge is -2.43. The topological polar surface area (TPSA) is 178 Å². The number of hydrogen-bond acceptors (Lipinski definition) is 10. The number of imide groups is 1. The zero-order valence-corrected chi connectivity index (χ0v) is 42.5. The molecule has 4 aromatic carbocycles. The lowest BCUT2D eigenvalue weighted by atomic mass is 9.87. The number of fused-ring (bicyclic) bond motifs is 2. The maximum Gasteiger partial charge on any atom is 0.412 e. The Morgan fingerprint density at radius 1 is 0.889 bits per heavy atom. The smallest absolute Gasteiger partial charge is 0.412 e. The zero-order valence-electron chi connectivity index (χ0n) is 42.5. The van der Waals surface area contributed by atoms with Gasteiger partial charge in [-0.25, -0.2) is 4.79 Å². The van der Waals surface area contributed by atoms with Crippen LogP contribution in [0.4, 0.5) is 16.2 Å². The number of hydrogen-bond donors (Lipinski definition) is 4. The molecule has 15 heteroatoms. The number of nitrogens with zero attached hydrogens (tertiary/aromatic N) is 5. The van der Waals surface area contributed by atoms with Crippen molar-refractivity contribution < 1.29 is 33.8 Å². The molecule has 2 atom stereocenters. The van der Waals surface area contributed by atoms with Crippen molar-refractivity contribution in [1.29, 1.82) is 0 Å². The van der Waals surface area contributed by atoms with E-state index in [0.717, 1.165) is 95.9 Å². The first-order chi connectivity index (χ1) is 34.4. The Morgan fingerprint density at radius 3 is 2.32 bits per heavy atom. The van der Waals surface area contributed by atoms with Crippen molar-refractivity contribution in [3.05, 3.63) is 101 Å². The standard InChI is InChI=1S/C57H68N8O7/c1-36-11-15-41(59-55(70)72-56(3,4)5)33-48(36)53(68)58-37(2)43-17-14-39(44-9-7-8-10-45(43)44)13-12-38-21-27-63(28-22-38)35-57(71)25-31-65(32-26-57)54(69)40-23-29-64(30-24-40)42-16-18-46-49(34-42)62(6)61-51(46)47-19-20-50(66)60-52(47)67/h7-11,14-18,33-34,37-38,40,47,71H,19-32,35H2,1-6H3,(H,58,68)(H,59,70)(H,60,66,67)/t37-,47?/m1/s1. The van der Waals surface area contributed by atoms with Crippen molar-refractivity contribution in [3.63, 3.8) is 0 Å². The molecule has 72 heavy (non-hydrogen) atoms. The Hall–Kier alpha value is -6.76. The van der Waals surface area contributed by atoms with E-state index in [2.05, 4.69) is 61.9 Å². The molecule has 0 aliphatic carbocycles. The number of carbonyl (C=O) groups is 5. The van der Waals surface area contributed by atoms with Crippen LogP contribution in [0.3, 0.4) is 0 Å². The van der Waals surface area contributed by atoms with Crippen LogP contribution in [0, 0.1) is 30.6 Å². The second-order valence-corrected chi connectivity index (χ2v) is 21.4. The van der Waals surface area contributed by atoms with Crippen LogP contribution in [0.1, 0.15) is 124 Å². The van der Waals surface area contributed by atoms with Gasteiger partial charge in [0.15, 0.2) is 0 Å². The van der Waals surface area contributed by atoms with Crippen LogP contribution in [-0.2, 0) is 26.2 Å². The molecule has 5 amide bonds. The third kappa shape index (κ3) is 11.3. The highest BCUT2D eigenvalue weighted by Gasteiger charge is 2.39. The lowest BCUT2D eigenvalue weighted by molar-refractivity contribution is -0.141. The minimum absolute atomic E-state index is 0.0450. The van der Waals surface area contributed by atoms with Gasteiger partial charge in [-0.1, -0.05) is 48.2 Å². The maximum absolute atomic E-state index is 13.8. The highest BCUT2D eigenvalue weighted by atomic mass is 16.6. The van der Waals surface area contributed by atoms with Crippen molar-refractivity contribution in [3.8, 4) is 11.8 Å². The van der Waals surface area contributed by atoms with Gasteiger partial charge in [0.2, 0.25) is 17.7 Å². The number of aromatic nitrogens is 2. The summed E-state index contributed by atoms with van der Waals surface area (Å²) in [6.45, 7) is 14.2. The summed E-state index contributed by atoms with van der Waals surface area (Å²) in [7, 11) is 1.88. The van der Waals surface area contributed by atoms with Gasteiger partial charge in [-0.2, -0.15) is 5.10 Å². The van der Waals surface area contributed by atoms with E-state index in [0.29, 0.717) is 62.3 Å². The summed E-state index contributed by atoms with van der Waals surface area (Å²) < 4.78 is 7.20. The van der Waals surface area contributed by atoms with E-state index in [-0.39, 0.29) is 41.5 Å². The zero-order chi connectivity index (χ0) is 50.9. The number of β-amino-alcohol motifs (C(OH)–C–C–N with tert-alkyl or cyclic N) is 1. The molecule has 4 aliphatic rings. The molecular weight excluding hydrogens is 909 g/mol. The molecule has 5 heterocycles. The van der Waals surface area contributed by atoms with Gasteiger partial charge in [-0.15, -0.1) is 0 Å². The number of aryl methyl sites for hydroxylation is 2. The molecule has 15 nitrogen and oxygen atoms in total. The van der Waals surface area contributed by atoms with Crippen LogP contribution in [0.5, 0.6) is 0 Å². The van der Waals surface area contributed by atoms with Crippen molar-refractivity contribution in [2.75, 3.05) is 56.0 Å². The molecular formula is C57H68N8O7. The third-order valence-corrected chi connectivity index (χ3v) is 15.1. The van der Waals surface area contributed by atoms with Crippen LogP contribution in [-0.4, -0.2) is 111 Å². The highest BCUT2D eigenvalue weighted by Crippen LogP contribution is 2.35. The quantitative estimate of drug-likeness (QED) is 0.0845. The molecule has 4 saturated heterocycles. The number of rotatable bonds is 9. The first-order valence-electron chi connectivity index (χ1n) is 25.6. The number of aliphatic hydroxyl groups is 1. The van der Waals surface area contributed by atoms with Gasteiger partial charge in [0, 0.05) is 85.9 Å². The second-order valence-electron chi connectivity index (χ2n) is 21.4. The van der Waals surface area contributed by atoms with E-state index in [1.165, 1.54) is 0 Å². The van der Waals surface area contributed by atoms with E-state index >= 15 is 0 Å². The molecule has 1 unspecified atom stereocenters. The fraction of sp³-hybridized carbons (Fsp3) is 0.474. The number of likely N-dealkylation sites (tertiary alicyclic amines) is 2. The predicted molar refractivity (Wildman–Crippen MR) is 278 cm³/mol. The summed E-state index contributed by atoms with van der Waals surface area (Å²) in [6.07, 6.45) is 4.66. The average molecular weight is 977 g/mol. The average Bonchev–Trinajstić information content (AvgIpc) is 3.68. The molecule has 0 saturated carbocycles. The van der Waals surface area contributed by atoms with E-state index in [1.807, 2.05) is 66.9 Å². The molecule has 378 valence electrons. The van der Waals surface area contributed by atoms with Gasteiger partial charge in [0.05, 0.1) is 28.8 Å². The summed E-state index contributed by atoms with van der Waals surface area (Å²) >= 11 is 0. The minimum atomic E-state index is -0.833. The van der Waals surface area contributed by atoms with Crippen LogP contribution in [0.25, 0.3) is 21.7 Å². The first kappa shape index (κ1) is 50.2. The number of benzene rings is 4. The van der Waals surface area contributed by atoms with Crippen molar-refractivity contribution in [1.82, 2.24) is 30.2 Å². The monoisotopic (exact) mass is 977 g/mol. The Balaban J connectivity index is 0.734. The molecule has 0 radical (unpaired) electrons. The van der Waals surface area contributed by atoms with Crippen LogP contribution in [0.15, 0.2) is 72.8 Å². The first-order valence-corrected chi connectivity index (χ1v) is 25.6. The van der Waals surface area contributed by atoms with Gasteiger partial charge >= 0.3 is 6.09 Å². The van der Waals surface area contributed by atoms with Crippen molar-refractivity contribution in [2.24, 2.45) is 18.9 Å². The molecule has 4 N–H and O–H groups in total. The normalized spacial score (nSPS) is 19.6. The van der Waals surface area contributed by atoms with Crippen molar-refractivity contribution >= 4 is 62.8 Å². The largest absolute Gasteiger partial charge is 0.444 e. The number of ether oxygens (including phenoxy) is 1. The summed E-state index contributed by atoms with van der Waals surface area (Å²) in [5, 5.41) is 27.8. The number of nitrogens with one attached hydrogen (secondary N) is 3. The molecule has 1 aromatic heterocycles. The minimum Gasteiger partial charge on any atom is -0.444 e. The van der Waals surface area contributed by atoms with Crippen LogP contribution >= 0.6 is 0 Å². The van der Waals surface area contributed by atoms with Gasteiger partial charge < -0.3 is 29.9 Å². The fourth-order valence-corrected chi connectivity index (χ4v) is 11.0. The summed E-state index contributed by atoms with van der Waals surface area (Å²) in [4.78, 5) is 70.8. The van der Waals surface area contributed by atoms with E-state index < -0.39 is 23.2 Å². The molecule has 4 aliphatic heterocycles. The maximum atomic E-state index is 13.8. The van der Waals surface area contributed by atoms with Crippen LogP contribution < -0.4 is 20.9 Å². The SMILES string of the molecule is Cc1ccc(NC(=O)OC(C)(C)C)cc1C(=O)N[C@H](C)c1ccc(C#CC2CCN(CC3(O)CCN(C(=O)C4CCN(c5ccc6c(C7CCC(=O)NC7=O)nn(C)c6c5)CC4)CC3)CC2)c2ccccc12. The molecule has 5 aromatic rings. The summed E-state index contributed by atoms with van der Waals surface area (Å²) in [6, 6.07) is 23.4. The molecule has 0 spiro atoms.